The average Bonchev–Trinajstić information content (AvgIpc) is 3.33. The van der Waals surface area contributed by atoms with Gasteiger partial charge in [-0.3, -0.25) is 4.68 Å². The van der Waals surface area contributed by atoms with E-state index in [9.17, 15) is 17.9 Å². The van der Waals surface area contributed by atoms with Gasteiger partial charge >= 0.3 is 0 Å². The van der Waals surface area contributed by atoms with E-state index in [1.165, 1.54) is 16.4 Å². The number of aryl methyl sites for hydroxylation is 1. The van der Waals surface area contributed by atoms with Gasteiger partial charge in [0.05, 0.1) is 17.7 Å². The van der Waals surface area contributed by atoms with Crippen LogP contribution in [0.25, 0.3) is 22.0 Å². The lowest BCUT2D eigenvalue weighted by atomic mass is 10.1. The predicted octanol–water partition coefficient (Wildman–Crippen LogP) is 2.89. The molecule has 0 aliphatic rings. The molecular weight excluding hydrogens is 407 g/mol. The fourth-order valence-corrected chi connectivity index (χ4v) is 4.86. The van der Waals surface area contributed by atoms with E-state index in [1.54, 1.807) is 60.7 Å². The summed E-state index contributed by atoms with van der Waals surface area (Å²) in [6.07, 6.45) is 5.11. The Kier molecular flexibility index (Phi) is 5.42. The van der Waals surface area contributed by atoms with Crippen molar-refractivity contribution in [3.8, 4) is 11.1 Å². The van der Waals surface area contributed by atoms with Crippen LogP contribution in [0.3, 0.4) is 0 Å². The molecule has 0 fully saturated rings. The maximum Gasteiger partial charge on any atom is 0.243 e. The second-order valence-corrected chi connectivity index (χ2v) is 8.94. The summed E-state index contributed by atoms with van der Waals surface area (Å²) in [6, 6.07) is 11.0. The molecule has 2 heterocycles. The predicted molar refractivity (Wildman–Crippen MR) is 112 cm³/mol. The third kappa shape index (κ3) is 3.87. The van der Waals surface area contributed by atoms with Gasteiger partial charge < -0.3 is 10.1 Å². The van der Waals surface area contributed by atoms with Crippen LogP contribution in [0.5, 0.6) is 0 Å². The summed E-state index contributed by atoms with van der Waals surface area (Å²) in [5.74, 6) is -0.324. The lowest BCUT2D eigenvalue weighted by Gasteiger charge is -2.21. The van der Waals surface area contributed by atoms with Crippen LogP contribution in [0.4, 0.5) is 4.39 Å². The highest BCUT2D eigenvalue weighted by molar-refractivity contribution is 7.89. The zero-order valence-electron chi connectivity index (χ0n) is 16.3. The Bertz CT molecular complexity index is 1280. The topological polar surface area (TPSA) is 91.2 Å². The number of aromatic nitrogens is 3. The lowest BCUT2D eigenvalue weighted by Crippen LogP contribution is -2.33. The first-order valence-corrected chi connectivity index (χ1v) is 10.8. The zero-order chi connectivity index (χ0) is 21.3. The minimum atomic E-state index is -3.81. The standard InChI is InChI=1S/C21H21FN4O3S/c1-25-13-15(11-24-25)14-26(8-9-27)30(28,29)18-5-2-16(3-6-18)20-12-23-21-10-17(22)4-7-19(20)21/h2-7,10-13,23,27H,8-9,14H2,1H3. The van der Waals surface area contributed by atoms with Crippen LogP contribution >= 0.6 is 0 Å². The van der Waals surface area contributed by atoms with E-state index in [0.717, 1.165) is 22.1 Å². The van der Waals surface area contributed by atoms with Gasteiger partial charge in [0.2, 0.25) is 10.0 Å². The number of aliphatic hydroxyl groups excluding tert-OH is 1. The summed E-state index contributed by atoms with van der Waals surface area (Å²) in [6.45, 7) is -0.192. The highest BCUT2D eigenvalue weighted by Gasteiger charge is 2.25. The van der Waals surface area contributed by atoms with Crippen molar-refractivity contribution in [1.29, 1.82) is 0 Å². The molecule has 0 unspecified atom stereocenters. The molecule has 2 aromatic heterocycles. The number of rotatable bonds is 7. The molecule has 4 aromatic rings. The molecule has 30 heavy (non-hydrogen) atoms. The number of sulfonamides is 1. The number of nitrogens with zero attached hydrogens (tertiary/aromatic N) is 3. The summed E-state index contributed by atoms with van der Waals surface area (Å²) in [5, 5.41) is 14.3. The third-order valence-electron chi connectivity index (χ3n) is 4.91. The number of aromatic amines is 1. The van der Waals surface area contributed by atoms with Crippen LogP contribution in [0.15, 0.2) is 66.0 Å². The molecule has 0 radical (unpaired) electrons. The van der Waals surface area contributed by atoms with Crippen LogP contribution < -0.4 is 0 Å². The van der Waals surface area contributed by atoms with Crippen molar-refractivity contribution >= 4 is 20.9 Å². The minimum Gasteiger partial charge on any atom is -0.395 e. The lowest BCUT2D eigenvalue weighted by molar-refractivity contribution is 0.251. The molecule has 156 valence electrons. The molecule has 0 bridgehead atoms. The Morgan fingerprint density at radius 2 is 1.97 bits per heavy atom. The van der Waals surface area contributed by atoms with Gasteiger partial charge in [-0.1, -0.05) is 12.1 Å². The van der Waals surface area contributed by atoms with Crippen LogP contribution in [0, 0.1) is 5.82 Å². The van der Waals surface area contributed by atoms with E-state index in [4.69, 9.17) is 0 Å². The summed E-state index contributed by atoms with van der Waals surface area (Å²) < 4.78 is 42.5. The van der Waals surface area contributed by atoms with Crippen molar-refractivity contribution in [3.05, 3.63) is 72.4 Å². The van der Waals surface area contributed by atoms with Crippen molar-refractivity contribution in [2.24, 2.45) is 7.05 Å². The SMILES string of the molecule is Cn1cc(CN(CCO)S(=O)(=O)c2ccc(-c3c[nH]c4cc(F)ccc34)cc2)cn1. The van der Waals surface area contributed by atoms with Gasteiger partial charge in [-0.05, 0) is 35.9 Å². The Morgan fingerprint density at radius 3 is 2.63 bits per heavy atom. The fourth-order valence-electron chi connectivity index (χ4n) is 3.45. The van der Waals surface area contributed by atoms with E-state index in [2.05, 4.69) is 10.1 Å². The maximum absolute atomic E-state index is 13.4. The monoisotopic (exact) mass is 428 g/mol. The summed E-state index contributed by atoms with van der Waals surface area (Å²) in [4.78, 5) is 3.17. The maximum atomic E-state index is 13.4. The van der Waals surface area contributed by atoms with Crippen LogP contribution in [-0.4, -0.2) is 45.7 Å². The molecule has 7 nitrogen and oxygen atoms in total. The normalized spacial score (nSPS) is 12.1. The van der Waals surface area contributed by atoms with E-state index in [-0.39, 0.29) is 30.4 Å². The first-order valence-electron chi connectivity index (χ1n) is 9.34. The Hall–Kier alpha value is -3.01. The van der Waals surface area contributed by atoms with Gasteiger partial charge in [-0.15, -0.1) is 0 Å². The van der Waals surface area contributed by atoms with E-state index in [1.807, 2.05) is 0 Å². The Balaban J connectivity index is 1.63. The first kappa shape index (κ1) is 20.3. The van der Waals surface area contributed by atoms with E-state index < -0.39 is 10.0 Å². The second-order valence-electron chi connectivity index (χ2n) is 7.00. The first-order chi connectivity index (χ1) is 14.4. The van der Waals surface area contributed by atoms with Crippen molar-refractivity contribution in [1.82, 2.24) is 19.1 Å². The number of H-pyrrole nitrogens is 1. The van der Waals surface area contributed by atoms with E-state index in [0.29, 0.717) is 5.52 Å². The van der Waals surface area contributed by atoms with Gasteiger partial charge in [-0.2, -0.15) is 9.40 Å². The van der Waals surface area contributed by atoms with Crippen molar-refractivity contribution in [3.63, 3.8) is 0 Å². The highest BCUT2D eigenvalue weighted by Crippen LogP contribution is 2.30. The summed E-state index contributed by atoms with van der Waals surface area (Å²) >= 11 is 0. The molecule has 2 N–H and O–H groups in total. The third-order valence-corrected chi connectivity index (χ3v) is 6.77. The molecule has 0 atom stereocenters. The molecule has 0 aliphatic carbocycles. The number of hydrogen-bond acceptors (Lipinski definition) is 4. The van der Waals surface area contributed by atoms with Gasteiger partial charge in [0, 0.05) is 54.6 Å². The molecule has 9 heteroatoms. The largest absolute Gasteiger partial charge is 0.395 e. The molecule has 0 saturated carbocycles. The molecular formula is C21H21FN4O3S. The van der Waals surface area contributed by atoms with Gasteiger partial charge in [0.1, 0.15) is 5.82 Å². The summed E-state index contributed by atoms with van der Waals surface area (Å²) in [5.41, 5.74) is 3.08. The average molecular weight is 428 g/mol. The second kappa shape index (κ2) is 8.02. The molecule has 0 amide bonds. The van der Waals surface area contributed by atoms with Crippen LogP contribution in [0.1, 0.15) is 5.56 Å². The van der Waals surface area contributed by atoms with E-state index >= 15 is 0 Å². The van der Waals surface area contributed by atoms with Gasteiger partial charge in [0.15, 0.2) is 0 Å². The summed E-state index contributed by atoms with van der Waals surface area (Å²) in [7, 11) is -2.05. The van der Waals surface area contributed by atoms with Crippen LogP contribution in [-0.2, 0) is 23.6 Å². The number of benzene rings is 2. The Labute approximate surface area is 173 Å². The van der Waals surface area contributed by atoms with Gasteiger partial charge in [-0.25, -0.2) is 12.8 Å². The quantitative estimate of drug-likeness (QED) is 0.474. The number of fused-ring (bicyclic) bond motifs is 1. The zero-order valence-corrected chi connectivity index (χ0v) is 17.1. The molecule has 0 saturated heterocycles. The van der Waals surface area contributed by atoms with Crippen molar-refractivity contribution in [2.75, 3.05) is 13.2 Å². The number of nitrogens with one attached hydrogen (secondary N) is 1. The van der Waals surface area contributed by atoms with Crippen molar-refractivity contribution < 1.29 is 17.9 Å². The smallest absolute Gasteiger partial charge is 0.243 e. The van der Waals surface area contributed by atoms with Crippen LogP contribution in [0.2, 0.25) is 0 Å². The number of aliphatic hydroxyl groups is 1. The molecule has 0 aliphatic heterocycles. The number of halogens is 1. The van der Waals surface area contributed by atoms with Crippen molar-refractivity contribution in [2.45, 2.75) is 11.4 Å². The molecule has 2 aromatic carbocycles. The Morgan fingerprint density at radius 1 is 1.20 bits per heavy atom. The molecule has 0 spiro atoms. The molecule has 4 rings (SSSR count). The van der Waals surface area contributed by atoms with Gasteiger partial charge in [0.25, 0.3) is 0 Å². The fraction of sp³-hybridized carbons (Fsp3) is 0.190. The minimum absolute atomic E-state index is 0.0208. The highest BCUT2D eigenvalue weighted by atomic mass is 32.2. The number of hydrogen-bond donors (Lipinski definition) is 2.